The molecular weight excluding hydrogens is 484 g/mol. The number of nitrogens with two attached hydrogens (primary N) is 2. The lowest BCUT2D eigenvalue weighted by molar-refractivity contribution is -0.122. The Kier molecular flexibility index (Phi) is 23.3. The second-order valence-corrected chi connectivity index (χ2v) is 7.90. The summed E-state index contributed by atoms with van der Waals surface area (Å²) in [5.41, 5.74) is 7.58. The average molecular weight is 527 g/mol. The number of hydrogen-bond donors (Lipinski definition) is 5. The number of hydrogen-bond acceptors (Lipinski definition) is 11. The van der Waals surface area contributed by atoms with Crippen LogP contribution in [0.15, 0.2) is 40.5 Å². The minimum absolute atomic E-state index is 0.0316. The second-order valence-electron chi connectivity index (χ2n) is 6.81. The van der Waals surface area contributed by atoms with Gasteiger partial charge >= 0.3 is 0 Å². The molecule has 0 radical (unpaired) electrons. The number of nitrogens with one attached hydrogen (secondary N) is 2. The maximum absolute atomic E-state index is 11.6. The number of phenols is 1. The van der Waals surface area contributed by atoms with E-state index in [0.717, 1.165) is 16.8 Å². The van der Waals surface area contributed by atoms with E-state index in [1.807, 2.05) is 27.0 Å². The van der Waals surface area contributed by atoms with Crippen LogP contribution in [-0.4, -0.2) is 88.9 Å². The lowest BCUT2D eigenvalue weighted by atomic mass is 10.1. The Morgan fingerprint density at radius 1 is 1.28 bits per heavy atom. The number of ether oxygens (including phenoxy) is 2. The molecule has 1 rings (SSSR count). The Morgan fingerprint density at radius 2 is 1.97 bits per heavy atom. The van der Waals surface area contributed by atoms with Gasteiger partial charge in [0.05, 0.1) is 24.7 Å². The van der Waals surface area contributed by atoms with Crippen LogP contribution in [0.4, 0.5) is 5.69 Å². The third kappa shape index (κ3) is 17.5. The van der Waals surface area contributed by atoms with Crippen LogP contribution in [0.1, 0.15) is 11.1 Å². The first-order chi connectivity index (χ1) is 17.3. The van der Waals surface area contributed by atoms with Crippen molar-refractivity contribution in [1.82, 2.24) is 10.3 Å². The number of aromatic hydroxyl groups is 1. The summed E-state index contributed by atoms with van der Waals surface area (Å²) in [5, 5.41) is 16.3. The van der Waals surface area contributed by atoms with E-state index in [2.05, 4.69) is 28.1 Å². The molecule has 204 valence electrons. The third-order valence-electron chi connectivity index (χ3n) is 4.20. The Balaban J connectivity index is 0. The van der Waals surface area contributed by atoms with Gasteiger partial charge in [-0.3, -0.25) is 14.6 Å². The number of benzene rings is 1. The summed E-state index contributed by atoms with van der Waals surface area (Å²) in [6.45, 7) is 9.07. The molecule has 0 aliphatic carbocycles. The molecule has 12 heteroatoms. The van der Waals surface area contributed by atoms with E-state index in [0.29, 0.717) is 49.1 Å². The number of rotatable bonds is 15. The molecule has 1 amide bonds. The van der Waals surface area contributed by atoms with Gasteiger partial charge in [0.25, 0.3) is 0 Å². The fraction of sp³-hybridized carbons (Fsp3) is 0.458. The number of carbonyl (C=O) groups is 2. The van der Waals surface area contributed by atoms with Crippen molar-refractivity contribution >= 4 is 36.4 Å². The zero-order valence-corrected chi connectivity index (χ0v) is 22.8. The number of allylic oxidation sites excluding steroid dienone is 1. The molecule has 0 heterocycles. The largest absolute Gasteiger partial charge is 0.508 e. The molecule has 7 N–H and O–H groups in total. The Morgan fingerprint density at radius 3 is 2.53 bits per heavy atom. The molecule has 0 saturated heterocycles. The summed E-state index contributed by atoms with van der Waals surface area (Å²) in [4.78, 5) is 26.2. The number of methoxy groups -OCH3 is 1. The summed E-state index contributed by atoms with van der Waals surface area (Å²) in [5.74, 6) is 6.34. The van der Waals surface area contributed by atoms with Gasteiger partial charge in [-0.05, 0) is 39.2 Å². The van der Waals surface area contributed by atoms with Gasteiger partial charge in [0.2, 0.25) is 5.91 Å². The molecule has 0 unspecified atom stereocenters. The first-order valence-electron chi connectivity index (χ1n) is 11.1. The molecule has 0 aromatic heterocycles. The Labute approximate surface area is 219 Å². The van der Waals surface area contributed by atoms with E-state index in [1.165, 1.54) is 30.0 Å². The standard InChI is InChI=1S/C14H24N4O4S.C9H13NO.CH5N/c1-16-10-13(12-19)23-9-3-5-18(15)11-14(20)17-4-6-22-8-7-21-2;1-6-4-5-8(11)7(2)9(6)10-3;1-2/h3,5,10,12H,1,4,6-9,11,15H2,2H3,(H,17,20);4-5,10-11H,1-3H3;2H2,1H3/b5-3-,13-10-;;. The van der Waals surface area contributed by atoms with E-state index in [1.54, 1.807) is 25.5 Å². The van der Waals surface area contributed by atoms with Gasteiger partial charge < -0.3 is 36.0 Å². The third-order valence-corrected chi connectivity index (χ3v) is 5.09. The number of aryl methyl sites for hydroxylation is 1. The summed E-state index contributed by atoms with van der Waals surface area (Å²) in [7, 11) is 4.95. The van der Waals surface area contributed by atoms with Crippen LogP contribution in [-0.2, 0) is 19.1 Å². The SMILES string of the molecule is C=N/C=C(/C=O)SC/C=C\N(N)CC(=O)NCCOCCOC.CN.CNc1c(C)ccc(O)c1C. The number of hydrazine groups is 1. The summed E-state index contributed by atoms with van der Waals surface area (Å²) in [6.07, 6.45) is 5.40. The van der Waals surface area contributed by atoms with Crippen molar-refractivity contribution in [2.75, 3.05) is 65.2 Å². The predicted molar refractivity (Wildman–Crippen MR) is 149 cm³/mol. The molecule has 0 bridgehead atoms. The minimum Gasteiger partial charge on any atom is -0.508 e. The normalized spacial score (nSPS) is 10.5. The van der Waals surface area contributed by atoms with E-state index < -0.39 is 0 Å². The van der Waals surface area contributed by atoms with E-state index in [-0.39, 0.29) is 12.5 Å². The zero-order valence-electron chi connectivity index (χ0n) is 22.0. The van der Waals surface area contributed by atoms with E-state index in [9.17, 15) is 14.7 Å². The van der Waals surface area contributed by atoms with Gasteiger partial charge in [0, 0.05) is 50.1 Å². The average Bonchev–Trinajstić information content (AvgIpc) is 2.87. The fourth-order valence-electron chi connectivity index (χ4n) is 2.52. The van der Waals surface area contributed by atoms with Crippen molar-refractivity contribution < 1.29 is 24.2 Å². The predicted octanol–water partition coefficient (Wildman–Crippen LogP) is 1.55. The van der Waals surface area contributed by atoms with Crippen molar-refractivity contribution in [2.24, 2.45) is 16.6 Å². The molecule has 1 aromatic rings. The maximum atomic E-state index is 11.6. The van der Waals surface area contributed by atoms with E-state index in [4.69, 9.17) is 15.3 Å². The molecule has 0 aliphatic heterocycles. The zero-order chi connectivity index (χ0) is 27.8. The Hall–Kier alpha value is -2.90. The van der Waals surface area contributed by atoms with Crippen LogP contribution in [0.5, 0.6) is 5.75 Å². The lowest BCUT2D eigenvalue weighted by Gasteiger charge is -2.13. The number of phenolic OH excluding ortho intramolecular Hbond substituents is 1. The number of aldehydes is 1. The van der Waals surface area contributed by atoms with Gasteiger partial charge in [-0.2, -0.15) is 0 Å². The first kappa shape index (κ1) is 35.3. The smallest absolute Gasteiger partial charge is 0.241 e. The number of nitrogens with zero attached hydrogens (tertiary/aromatic N) is 2. The van der Waals surface area contributed by atoms with Crippen molar-refractivity contribution in [3.8, 4) is 5.75 Å². The quantitative estimate of drug-likeness (QED) is 0.0565. The molecule has 0 spiro atoms. The van der Waals surface area contributed by atoms with Crippen LogP contribution >= 0.6 is 11.8 Å². The molecule has 11 nitrogen and oxygen atoms in total. The van der Waals surface area contributed by atoms with Crippen molar-refractivity contribution in [1.29, 1.82) is 0 Å². The van der Waals surface area contributed by atoms with Gasteiger partial charge in [-0.15, -0.1) is 11.8 Å². The van der Waals surface area contributed by atoms with Gasteiger partial charge in [0.1, 0.15) is 12.3 Å². The van der Waals surface area contributed by atoms with Crippen molar-refractivity contribution in [3.63, 3.8) is 0 Å². The Bertz CT molecular complexity index is 820. The van der Waals surface area contributed by atoms with Crippen molar-refractivity contribution in [2.45, 2.75) is 13.8 Å². The first-order valence-corrected chi connectivity index (χ1v) is 12.1. The number of carbonyl (C=O) groups excluding carboxylic acids is 2. The summed E-state index contributed by atoms with van der Waals surface area (Å²) in [6, 6.07) is 3.61. The monoisotopic (exact) mass is 526 g/mol. The molecule has 36 heavy (non-hydrogen) atoms. The molecule has 0 saturated carbocycles. The number of aliphatic imine (C=N–C) groups is 1. The highest BCUT2D eigenvalue weighted by Gasteiger charge is 2.04. The van der Waals surface area contributed by atoms with Gasteiger partial charge in [-0.1, -0.05) is 12.1 Å². The number of thioether (sulfide) groups is 1. The van der Waals surface area contributed by atoms with Crippen molar-refractivity contribution in [3.05, 3.63) is 46.6 Å². The molecule has 0 aliphatic rings. The van der Waals surface area contributed by atoms with Crippen LogP contribution in [0.3, 0.4) is 0 Å². The molecule has 1 aromatic carbocycles. The van der Waals surface area contributed by atoms with Crippen LogP contribution in [0.2, 0.25) is 0 Å². The summed E-state index contributed by atoms with van der Waals surface area (Å²) < 4.78 is 10.0. The minimum atomic E-state index is -0.204. The molecular formula is C24H42N6O5S. The lowest BCUT2D eigenvalue weighted by Crippen LogP contribution is -2.39. The second kappa shape index (κ2) is 23.8. The maximum Gasteiger partial charge on any atom is 0.241 e. The highest BCUT2D eigenvalue weighted by atomic mass is 32.2. The van der Waals surface area contributed by atoms with Crippen LogP contribution in [0.25, 0.3) is 0 Å². The van der Waals surface area contributed by atoms with Gasteiger partial charge in [-0.25, -0.2) is 5.84 Å². The topological polar surface area (TPSA) is 165 Å². The highest BCUT2D eigenvalue weighted by molar-refractivity contribution is 8.04. The number of anilines is 1. The highest BCUT2D eigenvalue weighted by Crippen LogP contribution is 2.27. The fourth-order valence-corrected chi connectivity index (χ4v) is 3.11. The van der Waals surface area contributed by atoms with Gasteiger partial charge in [0.15, 0.2) is 6.29 Å². The van der Waals surface area contributed by atoms with E-state index >= 15 is 0 Å². The summed E-state index contributed by atoms with van der Waals surface area (Å²) >= 11 is 1.29. The number of amides is 1. The molecule has 0 fully saturated rings. The van der Waals surface area contributed by atoms with Crippen LogP contribution in [0, 0.1) is 13.8 Å². The molecule has 0 atom stereocenters. The van der Waals surface area contributed by atoms with Crippen LogP contribution < -0.4 is 22.2 Å².